The average Bonchev–Trinajstić information content (AvgIpc) is 3.63. The first-order valence-electron chi connectivity index (χ1n) is 13.9. The van der Waals surface area contributed by atoms with Gasteiger partial charge in [-0.25, -0.2) is 4.98 Å². The van der Waals surface area contributed by atoms with Gasteiger partial charge in [0, 0.05) is 30.1 Å². The predicted octanol–water partition coefficient (Wildman–Crippen LogP) is 4.63. The zero-order valence-electron chi connectivity index (χ0n) is 22.7. The molecule has 1 aliphatic carbocycles. The SMILES string of the molecule is CC1=C(CCC(C)C2=CNC([C@@H]3C[C@H](C)CN3)N2)CCC(C#Cc2cnc([C@@H]3CC(C)(C)CN3)[nH]2)=C1. The molecule has 5 rings (SSSR count). The summed E-state index contributed by atoms with van der Waals surface area (Å²) >= 11 is 0. The summed E-state index contributed by atoms with van der Waals surface area (Å²) in [6, 6.07) is 0.827. The zero-order chi connectivity index (χ0) is 25.3. The molecule has 0 bridgehead atoms. The van der Waals surface area contributed by atoms with Crippen LogP contribution in [0.2, 0.25) is 0 Å². The fourth-order valence-corrected chi connectivity index (χ4v) is 6.05. The highest BCUT2D eigenvalue weighted by atomic mass is 15.2. The van der Waals surface area contributed by atoms with Gasteiger partial charge in [-0.05, 0) is 81.2 Å². The molecule has 2 fully saturated rings. The van der Waals surface area contributed by atoms with Gasteiger partial charge in [-0.3, -0.25) is 0 Å². The van der Waals surface area contributed by atoms with E-state index in [1.54, 1.807) is 5.57 Å². The second-order valence-corrected chi connectivity index (χ2v) is 12.4. The Morgan fingerprint density at radius 2 is 2.06 bits per heavy atom. The lowest BCUT2D eigenvalue weighted by molar-refractivity contribution is 0.401. The van der Waals surface area contributed by atoms with Gasteiger partial charge in [-0.2, -0.15) is 0 Å². The zero-order valence-corrected chi connectivity index (χ0v) is 22.7. The molecule has 36 heavy (non-hydrogen) atoms. The third-order valence-electron chi connectivity index (χ3n) is 8.45. The van der Waals surface area contributed by atoms with Crippen LogP contribution >= 0.6 is 0 Å². The molecule has 5 atom stereocenters. The van der Waals surface area contributed by atoms with Crippen LogP contribution in [-0.2, 0) is 0 Å². The van der Waals surface area contributed by atoms with Gasteiger partial charge in [-0.1, -0.05) is 44.8 Å². The van der Waals surface area contributed by atoms with Gasteiger partial charge in [0.05, 0.1) is 12.2 Å². The standard InChI is InChI=1S/C30H44N6/c1-19-12-25(31-15-19)28-33-17-27(36-28)20(2)6-9-23-10-7-22(13-21(23)3)8-11-24-16-32-29(35-24)26-14-30(4,5)18-34-26/h13,16-17,19-20,25-26,28,31,33-34,36H,6-7,9-10,12,14-15,18H2,1-5H3,(H,32,35)/t19-,20?,25-,26-,28?/m0/s1. The average molecular weight is 489 g/mol. The van der Waals surface area contributed by atoms with Crippen LogP contribution in [-0.4, -0.2) is 35.3 Å². The quantitative estimate of drug-likeness (QED) is 0.378. The van der Waals surface area contributed by atoms with E-state index in [-0.39, 0.29) is 0 Å². The minimum absolute atomic E-state index is 0.305. The number of nitrogens with zero attached hydrogens (tertiary/aromatic N) is 1. The van der Waals surface area contributed by atoms with Gasteiger partial charge in [0.15, 0.2) is 0 Å². The third-order valence-corrected chi connectivity index (χ3v) is 8.45. The first kappa shape index (κ1) is 25.2. The van der Waals surface area contributed by atoms with Crippen molar-refractivity contribution in [2.45, 2.75) is 91.4 Å². The number of hydrogen-bond donors (Lipinski definition) is 5. The Hall–Kier alpha value is -2.49. The van der Waals surface area contributed by atoms with Crippen molar-refractivity contribution in [1.82, 2.24) is 31.2 Å². The van der Waals surface area contributed by atoms with E-state index in [1.165, 1.54) is 29.7 Å². The van der Waals surface area contributed by atoms with Gasteiger partial charge in [-0.15, -0.1) is 0 Å². The lowest BCUT2D eigenvalue weighted by Gasteiger charge is -2.23. The molecular formula is C30H44N6. The Kier molecular flexibility index (Phi) is 7.32. The maximum Gasteiger partial charge on any atom is 0.124 e. The van der Waals surface area contributed by atoms with Gasteiger partial charge in [0.1, 0.15) is 17.7 Å². The highest BCUT2D eigenvalue weighted by Gasteiger charge is 2.33. The summed E-state index contributed by atoms with van der Waals surface area (Å²) in [4.78, 5) is 8.02. The maximum atomic E-state index is 4.59. The number of rotatable bonds is 6. The van der Waals surface area contributed by atoms with Crippen molar-refractivity contribution in [1.29, 1.82) is 0 Å². The highest BCUT2D eigenvalue weighted by molar-refractivity contribution is 5.44. The molecule has 1 aromatic heterocycles. The number of hydrogen-bond acceptors (Lipinski definition) is 5. The summed E-state index contributed by atoms with van der Waals surface area (Å²) in [5.41, 5.74) is 6.80. The van der Waals surface area contributed by atoms with E-state index in [0.717, 1.165) is 56.2 Å². The van der Waals surface area contributed by atoms with Crippen LogP contribution in [0.1, 0.15) is 90.7 Å². The summed E-state index contributed by atoms with van der Waals surface area (Å²) in [5, 5.41) is 14.5. The Bertz CT molecular complexity index is 1110. The smallest absolute Gasteiger partial charge is 0.124 e. The van der Waals surface area contributed by atoms with E-state index in [0.29, 0.717) is 29.6 Å². The number of aromatic amines is 1. The maximum absolute atomic E-state index is 4.59. The van der Waals surface area contributed by atoms with Crippen molar-refractivity contribution < 1.29 is 0 Å². The largest absolute Gasteiger partial charge is 0.369 e. The van der Waals surface area contributed by atoms with Crippen molar-refractivity contribution in [2.75, 3.05) is 13.1 Å². The molecule has 194 valence electrons. The molecule has 1 aromatic rings. The number of aromatic nitrogens is 2. The van der Waals surface area contributed by atoms with Gasteiger partial charge in [0.25, 0.3) is 0 Å². The molecule has 2 unspecified atom stereocenters. The number of H-pyrrole nitrogens is 1. The Labute approximate surface area is 217 Å². The Balaban J connectivity index is 1.12. The van der Waals surface area contributed by atoms with Gasteiger partial charge >= 0.3 is 0 Å². The number of nitrogens with one attached hydrogen (secondary N) is 5. The Morgan fingerprint density at radius 3 is 2.78 bits per heavy atom. The molecule has 4 aliphatic rings. The fourth-order valence-electron chi connectivity index (χ4n) is 6.05. The molecular weight excluding hydrogens is 444 g/mol. The van der Waals surface area contributed by atoms with Crippen LogP contribution in [0.25, 0.3) is 0 Å². The molecule has 5 N–H and O–H groups in total. The summed E-state index contributed by atoms with van der Waals surface area (Å²) in [5.74, 6) is 9.03. The third kappa shape index (κ3) is 5.90. The predicted molar refractivity (Wildman–Crippen MR) is 147 cm³/mol. The van der Waals surface area contributed by atoms with Crippen LogP contribution in [0, 0.1) is 29.1 Å². The first-order valence-corrected chi connectivity index (χ1v) is 13.9. The monoisotopic (exact) mass is 488 g/mol. The van der Waals surface area contributed by atoms with E-state index in [9.17, 15) is 0 Å². The van der Waals surface area contributed by atoms with Gasteiger partial charge in [0.2, 0.25) is 0 Å². The lowest BCUT2D eigenvalue weighted by atomic mass is 9.88. The van der Waals surface area contributed by atoms with Crippen molar-refractivity contribution >= 4 is 0 Å². The molecule has 0 aromatic carbocycles. The lowest BCUT2D eigenvalue weighted by Crippen LogP contribution is -2.48. The highest BCUT2D eigenvalue weighted by Crippen LogP contribution is 2.34. The Morgan fingerprint density at radius 1 is 1.19 bits per heavy atom. The van der Waals surface area contributed by atoms with Crippen LogP contribution in [0.3, 0.4) is 0 Å². The first-order chi connectivity index (χ1) is 17.3. The summed E-state index contributed by atoms with van der Waals surface area (Å²) in [6.45, 7) is 13.7. The van der Waals surface area contributed by atoms with Crippen LogP contribution < -0.4 is 21.3 Å². The normalized spacial score (nSPS) is 30.2. The van der Waals surface area contributed by atoms with Crippen LogP contribution in [0.5, 0.6) is 0 Å². The second kappa shape index (κ2) is 10.5. The number of imidazole rings is 1. The molecule has 0 radical (unpaired) electrons. The fraction of sp³-hybridized carbons (Fsp3) is 0.633. The summed E-state index contributed by atoms with van der Waals surface area (Å²) < 4.78 is 0. The molecule has 2 saturated heterocycles. The minimum Gasteiger partial charge on any atom is -0.369 e. The van der Waals surface area contributed by atoms with E-state index >= 15 is 0 Å². The van der Waals surface area contributed by atoms with Crippen LogP contribution in [0.4, 0.5) is 0 Å². The minimum atomic E-state index is 0.305. The molecule has 6 nitrogen and oxygen atoms in total. The molecule has 0 amide bonds. The second-order valence-electron chi connectivity index (χ2n) is 12.4. The summed E-state index contributed by atoms with van der Waals surface area (Å²) in [6.07, 6.45) is 13.5. The molecule has 4 heterocycles. The van der Waals surface area contributed by atoms with E-state index < -0.39 is 0 Å². The van der Waals surface area contributed by atoms with Gasteiger partial charge < -0.3 is 26.3 Å². The molecule has 0 spiro atoms. The van der Waals surface area contributed by atoms with E-state index in [2.05, 4.69) is 90.0 Å². The molecule has 0 saturated carbocycles. The summed E-state index contributed by atoms with van der Waals surface area (Å²) in [7, 11) is 0. The van der Waals surface area contributed by atoms with Crippen LogP contribution in [0.15, 0.2) is 40.9 Å². The van der Waals surface area contributed by atoms with Crippen molar-refractivity contribution in [3.05, 3.63) is 52.4 Å². The van der Waals surface area contributed by atoms with E-state index in [1.807, 2.05) is 6.20 Å². The van der Waals surface area contributed by atoms with Crippen molar-refractivity contribution in [2.24, 2.45) is 17.3 Å². The van der Waals surface area contributed by atoms with E-state index in [4.69, 9.17) is 0 Å². The topological polar surface area (TPSA) is 76.8 Å². The molecule has 6 heteroatoms. The van der Waals surface area contributed by atoms with Crippen molar-refractivity contribution in [3.8, 4) is 11.8 Å². The molecule has 3 aliphatic heterocycles. The number of allylic oxidation sites excluding steroid dienone is 5. The van der Waals surface area contributed by atoms with Crippen molar-refractivity contribution in [3.63, 3.8) is 0 Å².